The van der Waals surface area contributed by atoms with E-state index in [4.69, 9.17) is 5.73 Å². The standard InChI is InChI=1S/C12H18N4O2S2/c1-8-11(9(2)16(3)15-8)7-14-20(17,18)12-5-4-10(6-13)19-12/h4-5,14H,6-7,13H2,1-3H3. The van der Waals surface area contributed by atoms with Crippen LogP contribution in [0.5, 0.6) is 0 Å². The monoisotopic (exact) mass is 314 g/mol. The third-order valence-electron chi connectivity index (χ3n) is 3.20. The molecule has 2 aromatic rings. The Bertz CT molecular complexity index is 716. The lowest BCUT2D eigenvalue weighted by atomic mass is 10.2. The highest BCUT2D eigenvalue weighted by molar-refractivity contribution is 7.91. The van der Waals surface area contributed by atoms with Gasteiger partial charge in [0.1, 0.15) is 4.21 Å². The Morgan fingerprint density at radius 1 is 1.40 bits per heavy atom. The number of sulfonamides is 1. The van der Waals surface area contributed by atoms with E-state index in [1.54, 1.807) is 16.8 Å². The number of aromatic nitrogens is 2. The highest BCUT2D eigenvalue weighted by Gasteiger charge is 2.18. The second-order valence-corrected chi connectivity index (χ2v) is 7.68. The molecule has 0 atom stereocenters. The summed E-state index contributed by atoms with van der Waals surface area (Å²) in [4.78, 5) is 0.846. The Hall–Kier alpha value is -1.22. The molecule has 0 saturated carbocycles. The van der Waals surface area contributed by atoms with E-state index < -0.39 is 10.0 Å². The molecule has 0 amide bonds. The van der Waals surface area contributed by atoms with Crippen LogP contribution in [0.3, 0.4) is 0 Å². The van der Waals surface area contributed by atoms with Crippen molar-refractivity contribution in [2.45, 2.75) is 31.1 Å². The van der Waals surface area contributed by atoms with Gasteiger partial charge in [0.15, 0.2) is 0 Å². The minimum Gasteiger partial charge on any atom is -0.326 e. The van der Waals surface area contributed by atoms with Crippen molar-refractivity contribution in [3.63, 3.8) is 0 Å². The molecule has 2 heterocycles. The molecule has 8 heteroatoms. The van der Waals surface area contributed by atoms with E-state index in [0.717, 1.165) is 21.8 Å². The lowest BCUT2D eigenvalue weighted by Gasteiger charge is -2.05. The number of nitrogens with zero attached hydrogens (tertiary/aromatic N) is 2. The van der Waals surface area contributed by atoms with Crippen LogP contribution in [0.1, 0.15) is 21.8 Å². The van der Waals surface area contributed by atoms with Gasteiger partial charge in [0.05, 0.1) is 5.69 Å². The maximum atomic E-state index is 12.2. The molecule has 0 aromatic carbocycles. The molecule has 0 aliphatic rings. The minimum atomic E-state index is -3.50. The SMILES string of the molecule is Cc1nn(C)c(C)c1CNS(=O)(=O)c1ccc(CN)s1. The fourth-order valence-electron chi connectivity index (χ4n) is 1.92. The molecule has 2 rings (SSSR count). The van der Waals surface area contributed by atoms with Crippen LogP contribution >= 0.6 is 11.3 Å². The quantitative estimate of drug-likeness (QED) is 0.862. The zero-order valence-electron chi connectivity index (χ0n) is 11.7. The van der Waals surface area contributed by atoms with E-state index in [0.29, 0.717) is 6.54 Å². The van der Waals surface area contributed by atoms with Gasteiger partial charge in [-0.05, 0) is 26.0 Å². The molecule has 3 N–H and O–H groups in total. The van der Waals surface area contributed by atoms with Gasteiger partial charge in [-0.3, -0.25) is 4.68 Å². The highest BCUT2D eigenvalue weighted by Crippen LogP contribution is 2.21. The van der Waals surface area contributed by atoms with Crippen LogP contribution < -0.4 is 10.5 Å². The molecule has 0 fully saturated rings. The van der Waals surface area contributed by atoms with Crippen molar-refractivity contribution >= 4 is 21.4 Å². The lowest BCUT2D eigenvalue weighted by Crippen LogP contribution is -2.23. The van der Waals surface area contributed by atoms with E-state index in [1.165, 1.54) is 11.3 Å². The van der Waals surface area contributed by atoms with Gasteiger partial charge in [-0.15, -0.1) is 11.3 Å². The van der Waals surface area contributed by atoms with Gasteiger partial charge in [0.2, 0.25) is 10.0 Å². The Labute approximate surface area is 122 Å². The smallest absolute Gasteiger partial charge is 0.250 e. The number of aryl methyl sites for hydroxylation is 2. The molecule has 0 spiro atoms. The number of hydrogen-bond acceptors (Lipinski definition) is 5. The number of hydrogen-bond donors (Lipinski definition) is 2. The number of nitrogens with one attached hydrogen (secondary N) is 1. The summed E-state index contributed by atoms with van der Waals surface area (Å²) in [7, 11) is -1.66. The molecule has 6 nitrogen and oxygen atoms in total. The van der Waals surface area contributed by atoms with Crippen LogP contribution in [0.4, 0.5) is 0 Å². The molecule has 0 radical (unpaired) electrons. The summed E-state index contributed by atoms with van der Waals surface area (Å²) in [6, 6.07) is 3.32. The first-order chi connectivity index (χ1) is 9.35. The first-order valence-corrected chi connectivity index (χ1v) is 8.42. The molecule has 0 saturated heterocycles. The third-order valence-corrected chi connectivity index (χ3v) is 6.20. The van der Waals surface area contributed by atoms with Gasteiger partial charge in [-0.25, -0.2) is 13.1 Å². The lowest BCUT2D eigenvalue weighted by molar-refractivity contribution is 0.583. The van der Waals surface area contributed by atoms with E-state index in [9.17, 15) is 8.42 Å². The number of nitrogens with two attached hydrogens (primary N) is 1. The minimum absolute atomic E-state index is 0.240. The third kappa shape index (κ3) is 2.93. The van der Waals surface area contributed by atoms with Crippen molar-refractivity contribution in [2.24, 2.45) is 12.8 Å². The van der Waals surface area contributed by atoms with Crippen LogP contribution in [-0.2, 0) is 30.2 Å². The number of thiophene rings is 1. The molecule has 20 heavy (non-hydrogen) atoms. The van der Waals surface area contributed by atoms with Crippen molar-refractivity contribution in [3.05, 3.63) is 34.0 Å². The van der Waals surface area contributed by atoms with Gasteiger partial charge in [-0.1, -0.05) is 0 Å². The summed E-state index contributed by atoms with van der Waals surface area (Å²) >= 11 is 1.19. The molecular weight excluding hydrogens is 296 g/mol. The van der Waals surface area contributed by atoms with Crippen molar-refractivity contribution in [1.82, 2.24) is 14.5 Å². The molecule has 0 bridgehead atoms. The Kier molecular flexibility index (Phi) is 4.28. The van der Waals surface area contributed by atoms with Crippen LogP contribution in [0, 0.1) is 13.8 Å². The van der Waals surface area contributed by atoms with Crippen molar-refractivity contribution in [3.8, 4) is 0 Å². The predicted molar refractivity (Wildman–Crippen MR) is 78.9 cm³/mol. The Morgan fingerprint density at radius 3 is 2.60 bits per heavy atom. The Morgan fingerprint density at radius 2 is 2.10 bits per heavy atom. The zero-order valence-corrected chi connectivity index (χ0v) is 13.3. The van der Waals surface area contributed by atoms with Gasteiger partial charge in [0, 0.05) is 36.3 Å². The van der Waals surface area contributed by atoms with Crippen molar-refractivity contribution in [1.29, 1.82) is 0 Å². The van der Waals surface area contributed by atoms with Crippen LogP contribution in [-0.4, -0.2) is 18.2 Å². The summed E-state index contributed by atoms with van der Waals surface area (Å²) in [6.45, 7) is 4.38. The maximum absolute atomic E-state index is 12.2. The first kappa shape index (κ1) is 15.2. The van der Waals surface area contributed by atoms with Gasteiger partial charge < -0.3 is 5.73 Å². The summed E-state index contributed by atoms with van der Waals surface area (Å²) < 4.78 is 29.0. The summed E-state index contributed by atoms with van der Waals surface area (Å²) in [6.07, 6.45) is 0. The van der Waals surface area contributed by atoms with Gasteiger partial charge in [-0.2, -0.15) is 5.10 Å². The average molecular weight is 314 g/mol. The number of rotatable bonds is 5. The fourth-order valence-corrected chi connectivity index (χ4v) is 4.20. The molecule has 2 aromatic heterocycles. The fraction of sp³-hybridized carbons (Fsp3) is 0.417. The second kappa shape index (κ2) is 5.65. The highest BCUT2D eigenvalue weighted by atomic mass is 32.2. The molecular formula is C12H18N4O2S2. The van der Waals surface area contributed by atoms with Crippen molar-refractivity contribution < 1.29 is 8.42 Å². The van der Waals surface area contributed by atoms with Crippen molar-refractivity contribution in [2.75, 3.05) is 0 Å². The van der Waals surface area contributed by atoms with Gasteiger partial charge in [0.25, 0.3) is 0 Å². The molecule has 0 aliphatic heterocycles. The topological polar surface area (TPSA) is 90.0 Å². The van der Waals surface area contributed by atoms with E-state index >= 15 is 0 Å². The maximum Gasteiger partial charge on any atom is 0.250 e. The predicted octanol–water partition coefficient (Wildman–Crippen LogP) is 1.04. The molecule has 0 aliphatic carbocycles. The normalized spacial score (nSPS) is 12.0. The summed E-state index contributed by atoms with van der Waals surface area (Å²) in [5, 5.41) is 4.27. The molecule has 0 unspecified atom stereocenters. The molecule has 110 valence electrons. The summed E-state index contributed by atoms with van der Waals surface area (Å²) in [5.74, 6) is 0. The van der Waals surface area contributed by atoms with Crippen LogP contribution in [0.15, 0.2) is 16.3 Å². The van der Waals surface area contributed by atoms with E-state index in [2.05, 4.69) is 9.82 Å². The first-order valence-electron chi connectivity index (χ1n) is 6.12. The van der Waals surface area contributed by atoms with Gasteiger partial charge >= 0.3 is 0 Å². The second-order valence-electron chi connectivity index (χ2n) is 4.52. The van der Waals surface area contributed by atoms with E-state index in [-0.39, 0.29) is 10.8 Å². The van der Waals surface area contributed by atoms with Crippen LogP contribution in [0.25, 0.3) is 0 Å². The van der Waals surface area contributed by atoms with E-state index in [1.807, 2.05) is 20.9 Å². The Balaban J connectivity index is 2.17. The van der Waals surface area contributed by atoms with Crippen LogP contribution in [0.2, 0.25) is 0 Å². The summed E-state index contributed by atoms with van der Waals surface area (Å²) in [5.41, 5.74) is 8.20. The zero-order chi connectivity index (χ0) is 14.9. The average Bonchev–Trinajstić information content (AvgIpc) is 2.95. The largest absolute Gasteiger partial charge is 0.326 e.